The fraction of sp³-hybridized carbons (Fsp3) is 0.182. The van der Waals surface area contributed by atoms with Crippen LogP contribution in [0.15, 0.2) is 54.7 Å². The first kappa shape index (κ1) is 20.0. The lowest BCUT2D eigenvalue weighted by atomic mass is 10.2. The van der Waals surface area contributed by atoms with Crippen LogP contribution in [0, 0.1) is 6.92 Å². The number of methoxy groups -OCH3 is 3. The predicted octanol–water partition coefficient (Wildman–Crippen LogP) is 4.41. The lowest BCUT2D eigenvalue weighted by molar-refractivity contribution is 0.102. The number of nitrogens with one attached hydrogen (secondary N) is 2. The topological polar surface area (TPSA) is 81.7 Å². The summed E-state index contributed by atoms with van der Waals surface area (Å²) in [5.74, 6) is 2.13. The van der Waals surface area contributed by atoms with Gasteiger partial charge in [-0.1, -0.05) is 6.07 Å². The van der Waals surface area contributed by atoms with Crippen molar-refractivity contribution < 1.29 is 19.0 Å². The number of ether oxygens (including phenoxy) is 3. The number of anilines is 3. The van der Waals surface area contributed by atoms with Crippen molar-refractivity contribution in [1.82, 2.24) is 4.98 Å². The average molecular weight is 393 g/mol. The van der Waals surface area contributed by atoms with Gasteiger partial charge in [0.15, 0.2) is 0 Å². The molecule has 7 heteroatoms. The second-order valence-electron chi connectivity index (χ2n) is 6.28. The average Bonchev–Trinajstić information content (AvgIpc) is 2.74. The van der Waals surface area contributed by atoms with E-state index in [4.69, 9.17) is 14.2 Å². The van der Waals surface area contributed by atoms with Crippen molar-refractivity contribution in [3.05, 3.63) is 65.9 Å². The molecule has 0 saturated heterocycles. The highest BCUT2D eigenvalue weighted by Gasteiger charge is 2.12. The summed E-state index contributed by atoms with van der Waals surface area (Å²) < 4.78 is 16.0. The largest absolute Gasteiger partial charge is 0.497 e. The number of carbonyl (C=O) groups excluding carboxylic acids is 1. The molecule has 0 bridgehead atoms. The van der Waals surface area contributed by atoms with E-state index in [-0.39, 0.29) is 5.91 Å². The number of carbonyl (C=O) groups is 1. The second-order valence-corrected chi connectivity index (χ2v) is 6.28. The third-order valence-corrected chi connectivity index (χ3v) is 4.29. The molecular formula is C22H23N3O4. The Bertz CT molecular complexity index is 1020. The Labute approximate surface area is 169 Å². The Balaban J connectivity index is 1.83. The summed E-state index contributed by atoms with van der Waals surface area (Å²) in [6.07, 6.45) is 1.57. The van der Waals surface area contributed by atoms with Crippen LogP contribution in [0.3, 0.4) is 0 Å². The number of aromatic nitrogens is 1. The third-order valence-electron chi connectivity index (χ3n) is 4.29. The van der Waals surface area contributed by atoms with Gasteiger partial charge in [-0.3, -0.25) is 4.79 Å². The van der Waals surface area contributed by atoms with Crippen LogP contribution in [0.4, 0.5) is 17.2 Å². The first-order valence-corrected chi connectivity index (χ1v) is 8.95. The molecule has 0 spiro atoms. The zero-order chi connectivity index (χ0) is 20.8. The zero-order valence-corrected chi connectivity index (χ0v) is 16.8. The molecule has 2 N–H and O–H groups in total. The van der Waals surface area contributed by atoms with Crippen LogP contribution in [0.1, 0.15) is 15.9 Å². The summed E-state index contributed by atoms with van der Waals surface area (Å²) in [6.45, 7) is 1.95. The van der Waals surface area contributed by atoms with Gasteiger partial charge in [-0.25, -0.2) is 4.98 Å². The van der Waals surface area contributed by atoms with Crippen LogP contribution in [-0.4, -0.2) is 32.2 Å². The molecule has 0 unspecified atom stereocenters. The van der Waals surface area contributed by atoms with Crippen molar-refractivity contribution in [1.29, 1.82) is 0 Å². The molecule has 0 saturated carbocycles. The Morgan fingerprint density at radius 1 is 0.862 bits per heavy atom. The van der Waals surface area contributed by atoms with Gasteiger partial charge in [-0.05, 0) is 48.9 Å². The molecule has 29 heavy (non-hydrogen) atoms. The fourth-order valence-electron chi connectivity index (χ4n) is 2.80. The Kier molecular flexibility index (Phi) is 6.19. The number of hydrogen-bond donors (Lipinski definition) is 2. The summed E-state index contributed by atoms with van der Waals surface area (Å²) in [6, 6.07) is 14.3. The van der Waals surface area contributed by atoms with Crippen LogP contribution in [-0.2, 0) is 0 Å². The van der Waals surface area contributed by atoms with Gasteiger partial charge in [0, 0.05) is 17.8 Å². The molecule has 0 aliphatic heterocycles. The molecule has 0 aliphatic rings. The molecule has 1 amide bonds. The lowest BCUT2D eigenvalue weighted by Crippen LogP contribution is -2.13. The van der Waals surface area contributed by atoms with Gasteiger partial charge < -0.3 is 24.8 Å². The van der Waals surface area contributed by atoms with Gasteiger partial charge in [-0.2, -0.15) is 0 Å². The van der Waals surface area contributed by atoms with E-state index in [1.165, 1.54) is 0 Å². The normalized spacial score (nSPS) is 10.2. The Morgan fingerprint density at radius 2 is 1.59 bits per heavy atom. The lowest BCUT2D eigenvalue weighted by Gasteiger charge is -2.13. The molecule has 0 atom stereocenters. The smallest absolute Gasteiger partial charge is 0.255 e. The SMILES string of the molecule is COc1ccc(OC)c(Nc2cc(C(=O)Nc3cc(C)ccc3OC)ccn2)c1. The Morgan fingerprint density at radius 3 is 2.31 bits per heavy atom. The quantitative estimate of drug-likeness (QED) is 0.619. The molecule has 3 rings (SSSR count). The molecule has 3 aromatic rings. The molecule has 150 valence electrons. The van der Waals surface area contributed by atoms with E-state index in [1.54, 1.807) is 57.9 Å². The van der Waals surface area contributed by atoms with Crippen molar-refractivity contribution in [2.24, 2.45) is 0 Å². The van der Waals surface area contributed by atoms with Crippen LogP contribution >= 0.6 is 0 Å². The number of rotatable bonds is 7. The van der Waals surface area contributed by atoms with Crippen molar-refractivity contribution in [2.75, 3.05) is 32.0 Å². The standard InChI is InChI=1S/C22H23N3O4/c1-14-5-7-19(28-3)17(11-14)25-22(26)15-9-10-23-21(12-15)24-18-13-16(27-2)6-8-20(18)29-4/h5-13H,1-4H3,(H,23,24)(H,25,26). The van der Waals surface area contributed by atoms with Crippen LogP contribution in [0.2, 0.25) is 0 Å². The fourth-order valence-corrected chi connectivity index (χ4v) is 2.80. The maximum absolute atomic E-state index is 12.8. The monoisotopic (exact) mass is 393 g/mol. The van der Waals surface area contributed by atoms with Gasteiger partial charge in [0.05, 0.1) is 32.7 Å². The highest BCUT2D eigenvalue weighted by atomic mass is 16.5. The maximum Gasteiger partial charge on any atom is 0.255 e. The number of hydrogen-bond acceptors (Lipinski definition) is 6. The zero-order valence-electron chi connectivity index (χ0n) is 16.8. The molecule has 0 fully saturated rings. The predicted molar refractivity (Wildman–Crippen MR) is 113 cm³/mol. The van der Waals surface area contributed by atoms with Gasteiger partial charge >= 0.3 is 0 Å². The van der Waals surface area contributed by atoms with E-state index >= 15 is 0 Å². The van der Waals surface area contributed by atoms with Crippen molar-refractivity contribution in [3.63, 3.8) is 0 Å². The molecule has 0 aliphatic carbocycles. The van der Waals surface area contributed by atoms with E-state index in [9.17, 15) is 4.79 Å². The van der Waals surface area contributed by atoms with Gasteiger partial charge in [0.1, 0.15) is 23.1 Å². The number of nitrogens with zero attached hydrogens (tertiary/aromatic N) is 1. The highest BCUT2D eigenvalue weighted by molar-refractivity contribution is 6.05. The van der Waals surface area contributed by atoms with E-state index in [0.29, 0.717) is 40.0 Å². The van der Waals surface area contributed by atoms with Crippen LogP contribution in [0.25, 0.3) is 0 Å². The van der Waals surface area contributed by atoms with Gasteiger partial charge in [-0.15, -0.1) is 0 Å². The summed E-state index contributed by atoms with van der Waals surface area (Å²) in [4.78, 5) is 17.0. The van der Waals surface area contributed by atoms with Crippen molar-refractivity contribution in [3.8, 4) is 17.2 Å². The number of aryl methyl sites for hydroxylation is 1. The number of amides is 1. The number of benzene rings is 2. The van der Waals surface area contributed by atoms with E-state index in [2.05, 4.69) is 15.6 Å². The molecular weight excluding hydrogens is 370 g/mol. The molecule has 2 aromatic carbocycles. The minimum absolute atomic E-state index is 0.267. The highest BCUT2D eigenvalue weighted by Crippen LogP contribution is 2.31. The first-order chi connectivity index (χ1) is 14.0. The maximum atomic E-state index is 12.8. The first-order valence-electron chi connectivity index (χ1n) is 8.95. The summed E-state index contributed by atoms with van der Waals surface area (Å²) in [7, 11) is 4.74. The van der Waals surface area contributed by atoms with E-state index in [0.717, 1.165) is 5.56 Å². The molecule has 1 heterocycles. The van der Waals surface area contributed by atoms with Gasteiger partial charge in [0.2, 0.25) is 0 Å². The van der Waals surface area contributed by atoms with E-state index < -0.39 is 0 Å². The Hall–Kier alpha value is -3.74. The second kappa shape index (κ2) is 8.97. The third kappa shape index (κ3) is 4.76. The summed E-state index contributed by atoms with van der Waals surface area (Å²) in [5, 5.41) is 6.05. The molecule has 7 nitrogen and oxygen atoms in total. The molecule has 1 aromatic heterocycles. The summed E-state index contributed by atoms with van der Waals surface area (Å²) >= 11 is 0. The van der Waals surface area contributed by atoms with E-state index in [1.807, 2.05) is 25.1 Å². The minimum Gasteiger partial charge on any atom is -0.497 e. The van der Waals surface area contributed by atoms with Crippen LogP contribution in [0.5, 0.6) is 17.2 Å². The summed E-state index contributed by atoms with van der Waals surface area (Å²) in [5.41, 5.74) is 2.76. The van der Waals surface area contributed by atoms with Crippen LogP contribution < -0.4 is 24.8 Å². The minimum atomic E-state index is -0.267. The molecule has 0 radical (unpaired) electrons. The number of pyridine rings is 1. The van der Waals surface area contributed by atoms with Crippen molar-refractivity contribution in [2.45, 2.75) is 6.92 Å². The van der Waals surface area contributed by atoms with Gasteiger partial charge in [0.25, 0.3) is 5.91 Å². The van der Waals surface area contributed by atoms with Crippen molar-refractivity contribution >= 4 is 23.1 Å².